The van der Waals surface area contributed by atoms with Crippen LogP contribution in [0.25, 0.3) is 0 Å². The van der Waals surface area contributed by atoms with Crippen molar-refractivity contribution in [3.63, 3.8) is 0 Å². The molecule has 0 saturated heterocycles. The summed E-state index contributed by atoms with van der Waals surface area (Å²) >= 11 is 0. The molecule has 1 saturated carbocycles. The molecule has 0 atom stereocenters. The molecule has 0 aromatic heterocycles. The zero-order chi connectivity index (χ0) is 14.4. The standard InChI is InChI=1S/C15H17N3O2/c16-10-9-14(19)17-12-5-7-13(8-6-12)18-15(20)11-3-1-2-4-11/h5-8,11H,1-4,9H2,(H,17,19)(H,18,20). The fourth-order valence-corrected chi connectivity index (χ4v) is 2.35. The third kappa shape index (κ3) is 3.82. The normalized spacial score (nSPS) is 14.6. The lowest BCUT2D eigenvalue weighted by Crippen LogP contribution is -2.20. The molecule has 1 aromatic carbocycles. The summed E-state index contributed by atoms with van der Waals surface area (Å²) in [6.07, 6.45) is 4.02. The Balaban J connectivity index is 1.89. The molecule has 0 spiro atoms. The Morgan fingerprint density at radius 1 is 1.10 bits per heavy atom. The predicted octanol–water partition coefficient (Wildman–Crippen LogP) is 2.67. The zero-order valence-corrected chi connectivity index (χ0v) is 11.2. The van der Waals surface area contributed by atoms with Crippen molar-refractivity contribution in [3.8, 4) is 6.07 Å². The van der Waals surface area contributed by atoms with Gasteiger partial charge >= 0.3 is 0 Å². The average Bonchev–Trinajstić information content (AvgIpc) is 2.95. The second-order valence-corrected chi connectivity index (χ2v) is 4.93. The monoisotopic (exact) mass is 271 g/mol. The summed E-state index contributed by atoms with van der Waals surface area (Å²) < 4.78 is 0. The molecule has 1 aromatic rings. The molecule has 0 unspecified atom stereocenters. The maximum atomic E-state index is 11.9. The van der Waals surface area contributed by atoms with Crippen LogP contribution in [0.5, 0.6) is 0 Å². The summed E-state index contributed by atoms with van der Waals surface area (Å²) in [5.74, 6) is -0.135. The van der Waals surface area contributed by atoms with Crippen molar-refractivity contribution in [1.29, 1.82) is 5.26 Å². The van der Waals surface area contributed by atoms with Gasteiger partial charge in [0.2, 0.25) is 11.8 Å². The quantitative estimate of drug-likeness (QED) is 0.883. The number of hydrogen-bond donors (Lipinski definition) is 2. The van der Waals surface area contributed by atoms with Crippen molar-refractivity contribution < 1.29 is 9.59 Å². The minimum Gasteiger partial charge on any atom is -0.326 e. The number of anilines is 2. The number of amides is 2. The lowest BCUT2D eigenvalue weighted by atomic mass is 10.1. The highest BCUT2D eigenvalue weighted by Gasteiger charge is 2.22. The molecule has 1 aliphatic carbocycles. The Bertz CT molecular complexity index is 525. The van der Waals surface area contributed by atoms with Crippen molar-refractivity contribution in [1.82, 2.24) is 0 Å². The molecule has 1 aliphatic rings. The predicted molar refractivity (Wildman–Crippen MR) is 75.9 cm³/mol. The van der Waals surface area contributed by atoms with Gasteiger partial charge in [0.25, 0.3) is 0 Å². The molecule has 20 heavy (non-hydrogen) atoms. The third-order valence-corrected chi connectivity index (χ3v) is 3.40. The average molecular weight is 271 g/mol. The summed E-state index contributed by atoms with van der Waals surface area (Å²) in [5.41, 5.74) is 1.34. The number of benzene rings is 1. The smallest absolute Gasteiger partial charge is 0.238 e. The minimum absolute atomic E-state index is 0.0729. The van der Waals surface area contributed by atoms with Gasteiger partial charge < -0.3 is 10.6 Å². The lowest BCUT2D eigenvalue weighted by Gasteiger charge is -2.11. The maximum absolute atomic E-state index is 11.9. The van der Waals surface area contributed by atoms with E-state index in [1.807, 2.05) is 0 Å². The second kappa shape index (κ2) is 6.71. The van der Waals surface area contributed by atoms with Gasteiger partial charge in [-0.15, -0.1) is 0 Å². The van der Waals surface area contributed by atoms with E-state index in [4.69, 9.17) is 5.26 Å². The largest absolute Gasteiger partial charge is 0.326 e. The van der Waals surface area contributed by atoms with Crippen molar-refractivity contribution >= 4 is 23.2 Å². The Kier molecular flexibility index (Phi) is 4.72. The van der Waals surface area contributed by atoms with Gasteiger partial charge in [-0.3, -0.25) is 9.59 Å². The first-order valence-corrected chi connectivity index (χ1v) is 6.77. The highest BCUT2D eigenvalue weighted by molar-refractivity contribution is 5.94. The van der Waals surface area contributed by atoms with Crippen LogP contribution in [0, 0.1) is 17.2 Å². The van der Waals surface area contributed by atoms with Gasteiger partial charge in [-0.2, -0.15) is 5.26 Å². The van der Waals surface area contributed by atoms with E-state index in [-0.39, 0.29) is 24.2 Å². The molecule has 0 aliphatic heterocycles. The van der Waals surface area contributed by atoms with E-state index in [0.29, 0.717) is 5.69 Å². The highest BCUT2D eigenvalue weighted by Crippen LogP contribution is 2.26. The van der Waals surface area contributed by atoms with Gasteiger partial charge in [0.15, 0.2) is 0 Å². The number of nitrogens with one attached hydrogen (secondary N) is 2. The maximum Gasteiger partial charge on any atom is 0.238 e. The first kappa shape index (κ1) is 14.1. The lowest BCUT2D eigenvalue weighted by molar-refractivity contribution is -0.119. The van der Waals surface area contributed by atoms with Crippen LogP contribution in [-0.2, 0) is 9.59 Å². The number of nitriles is 1. The summed E-state index contributed by atoms with van der Waals surface area (Å²) in [6, 6.07) is 8.69. The van der Waals surface area contributed by atoms with E-state index < -0.39 is 0 Å². The third-order valence-electron chi connectivity index (χ3n) is 3.40. The molecule has 2 amide bonds. The molecule has 0 radical (unpaired) electrons. The molecule has 2 N–H and O–H groups in total. The van der Waals surface area contributed by atoms with Crippen LogP contribution in [0.3, 0.4) is 0 Å². The molecular formula is C15H17N3O2. The summed E-state index contributed by atoms with van der Waals surface area (Å²) in [5, 5.41) is 13.9. The van der Waals surface area contributed by atoms with E-state index in [0.717, 1.165) is 31.4 Å². The van der Waals surface area contributed by atoms with E-state index in [1.54, 1.807) is 30.3 Å². The van der Waals surface area contributed by atoms with Crippen LogP contribution in [0.15, 0.2) is 24.3 Å². The Hall–Kier alpha value is -2.35. The van der Waals surface area contributed by atoms with Crippen LogP contribution < -0.4 is 10.6 Å². The van der Waals surface area contributed by atoms with Gasteiger partial charge in [-0.05, 0) is 37.1 Å². The summed E-state index contributed by atoms with van der Waals surface area (Å²) in [6.45, 7) is 0. The van der Waals surface area contributed by atoms with Gasteiger partial charge in [0, 0.05) is 17.3 Å². The van der Waals surface area contributed by atoms with E-state index in [2.05, 4.69) is 10.6 Å². The van der Waals surface area contributed by atoms with Crippen molar-refractivity contribution in [2.45, 2.75) is 32.1 Å². The van der Waals surface area contributed by atoms with Crippen molar-refractivity contribution in [2.24, 2.45) is 5.92 Å². The molecule has 2 rings (SSSR count). The van der Waals surface area contributed by atoms with Crippen LogP contribution in [0.4, 0.5) is 11.4 Å². The van der Waals surface area contributed by atoms with Gasteiger partial charge in [-0.1, -0.05) is 12.8 Å². The van der Waals surface area contributed by atoms with Crippen LogP contribution in [0.2, 0.25) is 0 Å². The summed E-state index contributed by atoms with van der Waals surface area (Å²) in [4.78, 5) is 23.2. The van der Waals surface area contributed by atoms with Crippen molar-refractivity contribution in [2.75, 3.05) is 10.6 Å². The van der Waals surface area contributed by atoms with Gasteiger partial charge in [0.05, 0.1) is 6.07 Å². The number of hydrogen-bond acceptors (Lipinski definition) is 3. The highest BCUT2D eigenvalue weighted by atomic mass is 16.2. The Morgan fingerprint density at radius 3 is 2.20 bits per heavy atom. The van der Waals surface area contributed by atoms with E-state index in [9.17, 15) is 9.59 Å². The van der Waals surface area contributed by atoms with Crippen LogP contribution in [-0.4, -0.2) is 11.8 Å². The SMILES string of the molecule is N#CCC(=O)Nc1ccc(NC(=O)C2CCCC2)cc1. The number of nitrogens with zero attached hydrogens (tertiary/aromatic N) is 1. The second-order valence-electron chi connectivity index (χ2n) is 4.93. The molecule has 5 heteroatoms. The zero-order valence-electron chi connectivity index (χ0n) is 11.2. The van der Waals surface area contributed by atoms with Gasteiger partial charge in [0.1, 0.15) is 6.42 Å². The van der Waals surface area contributed by atoms with Crippen LogP contribution in [0.1, 0.15) is 32.1 Å². The Labute approximate surface area is 118 Å². The topological polar surface area (TPSA) is 82.0 Å². The van der Waals surface area contributed by atoms with Crippen molar-refractivity contribution in [3.05, 3.63) is 24.3 Å². The Morgan fingerprint density at radius 2 is 1.65 bits per heavy atom. The molecule has 5 nitrogen and oxygen atoms in total. The molecule has 0 bridgehead atoms. The number of rotatable bonds is 4. The number of carbonyl (C=O) groups is 2. The molecule has 1 fully saturated rings. The fraction of sp³-hybridized carbons (Fsp3) is 0.400. The fourth-order valence-electron chi connectivity index (χ4n) is 2.35. The molecule has 104 valence electrons. The molecule has 0 heterocycles. The number of carbonyl (C=O) groups excluding carboxylic acids is 2. The first-order chi connectivity index (χ1) is 9.69. The molecular weight excluding hydrogens is 254 g/mol. The van der Waals surface area contributed by atoms with Gasteiger partial charge in [-0.25, -0.2) is 0 Å². The van der Waals surface area contributed by atoms with E-state index >= 15 is 0 Å². The first-order valence-electron chi connectivity index (χ1n) is 6.77. The minimum atomic E-state index is -0.338. The van der Waals surface area contributed by atoms with E-state index in [1.165, 1.54) is 0 Å². The van der Waals surface area contributed by atoms with Crippen LogP contribution >= 0.6 is 0 Å². The summed E-state index contributed by atoms with van der Waals surface area (Å²) in [7, 11) is 0.